The minimum absolute atomic E-state index is 0.170. The lowest BCUT2D eigenvalue weighted by molar-refractivity contribution is -0.181. The van der Waals surface area contributed by atoms with Crippen molar-refractivity contribution in [2.45, 2.75) is 37.2 Å². The van der Waals surface area contributed by atoms with E-state index in [1.165, 1.54) is 4.90 Å². The molecule has 2 aromatic rings. The predicted molar refractivity (Wildman–Crippen MR) is 112 cm³/mol. The number of likely N-dealkylation sites (tertiary alicyclic amines) is 1. The van der Waals surface area contributed by atoms with Gasteiger partial charge in [0.15, 0.2) is 0 Å². The predicted octanol–water partition coefficient (Wildman–Crippen LogP) is 0.649. The molecule has 3 saturated heterocycles. The number of benzene rings is 1. The van der Waals surface area contributed by atoms with Gasteiger partial charge in [-0.2, -0.15) is 0 Å². The second-order valence-corrected chi connectivity index (χ2v) is 8.63. The molecule has 1 aromatic carbocycles. The smallest absolute Gasteiger partial charge is 0.252 e. The molecule has 0 radical (unpaired) electrons. The van der Waals surface area contributed by atoms with Gasteiger partial charge in [0.2, 0.25) is 5.91 Å². The van der Waals surface area contributed by atoms with Crippen LogP contribution in [0.4, 0.5) is 0 Å². The Kier molecular flexibility index (Phi) is 5.00. The molecule has 1 N–H and O–H groups in total. The molecule has 1 aromatic heterocycles. The maximum atomic E-state index is 13.6. The van der Waals surface area contributed by atoms with Gasteiger partial charge in [-0.05, 0) is 36.2 Å². The number of hydrogen-bond acceptors (Lipinski definition) is 7. The molecular formula is C23H26N4O4. The van der Waals surface area contributed by atoms with Crippen molar-refractivity contribution in [1.82, 2.24) is 19.7 Å². The topological polar surface area (TPSA) is 86.2 Å². The second kappa shape index (κ2) is 7.71. The molecule has 0 saturated carbocycles. The van der Waals surface area contributed by atoms with Crippen molar-refractivity contribution in [2.75, 3.05) is 26.7 Å². The van der Waals surface area contributed by atoms with Gasteiger partial charge >= 0.3 is 0 Å². The summed E-state index contributed by atoms with van der Waals surface area (Å²) in [6.07, 6.45) is 1.54. The number of β-amino-alcohol motifs (C(OH)–C–C–N with tert-alkyl or cyclic N) is 1. The van der Waals surface area contributed by atoms with Crippen molar-refractivity contribution >= 4 is 11.8 Å². The molecule has 2 amide bonds. The summed E-state index contributed by atoms with van der Waals surface area (Å²) in [6, 6.07) is 12.7. The van der Waals surface area contributed by atoms with E-state index in [-0.39, 0.29) is 18.4 Å². The standard InChI is InChI=1S/C23H26N4O4/c1-31-19-7-5-16(6-8-19)11-26-21(29)20-10-18(28)13-27(20)23(22(26)30)14-25(15-23)12-17-4-2-3-9-24-17/h2-9,18,20,28H,10-15H2,1H3/t18-,20+/m1/s1. The van der Waals surface area contributed by atoms with Gasteiger partial charge in [0.05, 0.1) is 31.5 Å². The van der Waals surface area contributed by atoms with E-state index in [1.54, 1.807) is 13.3 Å². The molecule has 0 unspecified atom stereocenters. The highest BCUT2D eigenvalue weighted by Gasteiger charge is 2.64. The van der Waals surface area contributed by atoms with Gasteiger partial charge in [0.25, 0.3) is 5.91 Å². The van der Waals surface area contributed by atoms with Crippen LogP contribution in [-0.4, -0.2) is 81.0 Å². The zero-order valence-corrected chi connectivity index (χ0v) is 17.5. The number of imide groups is 1. The highest BCUT2D eigenvalue weighted by molar-refractivity contribution is 6.06. The molecule has 8 heteroatoms. The van der Waals surface area contributed by atoms with Crippen LogP contribution < -0.4 is 4.74 Å². The van der Waals surface area contributed by atoms with Crippen molar-refractivity contribution in [3.8, 4) is 5.75 Å². The number of piperazine rings is 1. The fourth-order valence-electron chi connectivity index (χ4n) is 5.08. The van der Waals surface area contributed by atoms with Crippen LogP contribution in [0.1, 0.15) is 17.7 Å². The summed E-state index contributed by atoms with van der Waals surface area (Å²) >= 11 is 0. The summed E-state index contributed by atoms with van der Waals surface area (Å²) in [6.45, 7) is 2.29. The Morgan fingerprint density at radius 3 is 2.58 bits per heavy atom. The Hall–Kier alpha value is -2.81. The Balaban J connectivity index is 1.38. The fraction of sp³-hybridized carbons (Fsp3) is 0.435. The summed E-state index contributed by atoms with van der Waals surface area (Å²) in [5.74, 6) is 0.341. The van der Waals surface area contributed by atoms with Crippen LogP contribution in [0, 0.1) is 0 Å². The number of hydrogen-bond donors (Lipinski definition) is 1. The van der Waals surface area contributed by atoms with E-state index in [0.717, 1.165) is 17.0 Å². The second-order valence-electron chi connectivity index (χ2n) is 8.63. The van der Waals surface area contributed by atoms with Crippen LogP contribution in [-0.2, 0) is 22.7 Å². The van der Waals surface area contributed by atoms with Gasteiger partial charge in [0, 0.05) is 32.4 Å². The molecular weight excluding hydrogens is 396 g/mol. The van der Waals surface area contributed by atoms with Crippen LogP contribution in [0.5, 0.6) is 5.75 Å². The lowest BCUT2D eigenvalue weighted by Gasteiger charge is -2.58. The Bertz CT molecular complexity index is 975. The lowest BCUT2D eigenvalue weighted by atomic mass is 9.82. The number of aliphatic hydroxyl groups excluding tert-OH is 1. The van der Waals surface area contributed by atoms with Gasteiger partial charge in [-0.15, -0.1) is 0 Å². The Morgan fingerprint density at radius 2 is 1.90 bits per heavy atom. The first-order chi connectivity index (χ1) is 15.0. The van der Waals surface area contributed by atoms with Crippen molar-refractivity contribution in [3.63, 3.8) is 0 Å². The summed E-state index contributed by atoms with van der Waals surface area (Å²) in [7, 11) is 1.60. The monoisotopic (exact) mass is 422 g/mol. The van der Waals surface area contributed by atoms with E-state index < -0.39 is 17.7 Å². The average molecular weight is 422 g/mol. The molecule has 2 atom stereocenters. The molecule has 3 aliphatic heterocycles. The number of carbonyl (C=O) groups is 2. The Labute approximate surface area is 181 Å². The number of pyridine rings is 1. The van der Waals surface area contributed by atoms with Crippen molar-refractivity contribution < 1.29 is 19.4 Å². The number of nitrogens with zero attached hydrogens (tertiary/aromatic N) is 4. The van der Waals surface area contributed by atoms with E-state index in [4.69, 9.17) is 4.74 Å². The fourth-order valence-corrected chi connectivity index (χ4v) is 5.08. The number of fused-ring (bicyclic) bond motifs is 2. The summed E-state index contributed by atoms with van der Waals surface area (Å²) in [5, 5.41) is 10.3. The minimum atomic E-state index is -0.767. The maximum Gasteiger partial charge on any atom is 0.252 e. The molecule has 3 fully saturated rings. The molecule has 3 aliphatic rings. The van der Waals surface area contributed by atoms with Crippen LogP contribution in [0.2, 0.25) is 0 Å². The third kappa shape index (κ3) is 3.40. The van der Waals surface area contributed by atoms with Crippen molar-refractivity contribution in [2.24, 2.45) is 0 Å². The summed E-state index contributed by atoms with van der Waals surface area (Å²) < 4.78 is 5.20. The zero-order chi connectivity index (χ0) is 21.6. The first-order valence-electron chi connectivity index (χ1n) is 10.6. The summed E-state index contributed by atoms with van der Waals surface area (Å²) in [4.78, 5) is 36.7. The Morgan fingerprint density at radius 1 is 1.13 bits per heavy atom. The highest BCUT2D eigenvalue weighted by Crippen LogP contribution is 2.41. The number of methoxy groups -OCH3 is 1. The zero-order valence-electron chi connectivity index (χ0n) is 17.5. The SMILES string of the molecule is COc1ccc(CN2C(=O)[C@@H]3C[C@@H](O)CN3C3(CN(Cc4ccccn4)C3)C2=O)cc1. The molecule has 4 heterocycles. The van der Waals surface area contributed by atoms with Crippen LogP contribution >= 0.6 is 0 Å². The quantitative estimate of drug-likeness (QED) is 0.708. The molecule has 0 aliphatic carbocycles. The first kappa shape index (κ1) is 20.1. The van der Waals surface area contributed by atoms with Crippen molar-refractivity contribution in [3.05, 3.63) is 59.9 Å². The van der Waals surface area contributed by atoms with Crippen LogP contribution in [0.15, 0.2) is 48.7 Å². The van der Waals surface area contributed by atoms with Crippen LogP contribution in [0.25, 0.3) is 0 Å². The molecule has 1 spiro atoms. The number of ether oxygens (including phenoxy) is 1. The van der Waals surface area contributed by atoms with Crippen molar-refractivity contribution in [1.29, 1.82) is 0 Å². The van der Waals surface area contributed by atoms with E-state index in [9.17, 15) is 14.7 Å². The molecule has 5 rings (SSSR count). The third-order valence-electron chi connectivity index (χ3n) is 6.60. The normalized spacial score (nSPS) is 25.5. The first-order valence-corrected chi connectivity index (χ1v) is 10.6. The van der Waals surface area contributed by atoms with E-state index in [2.05, 4.69) is 9.88 Å². The number of rotatable bonds is 5. The molecule has 8 nitrogen and oxygen atoms in total. The third-order valence-corrected chi connectivity index (χ3v) is 6.60. The van der Waals surface area contributed by atoms with Gasteiger partial charge in [-0.3, -0.25) is 29.3 Å². The molecule has 0 bridgehead atoms. The van der Waals surface area contributed by atoms with E-state index in [0.29, 0.717) is 32.6 Å². The maximum absolute atomic E-state index is 13.6. The number of aromatic nitrogens is 1. The average Bonchev–Trinajstić information content (AvgIpc) is 3.16. The molecule has 162 valence electrons. The van der Waals surface area contributed by atoms with Gasteiger partial charge in [-0.1, -0.05) is 18.2 Å². The largest absolute Gasteiger partial charge is 0.497 e. The summed E-state index contributed by atoms with van der Waals surface area (Å²) in [5.41, 5.74) is 1.05. The minimum Gasteiger partial charge on any atom is -0.497 e. The highest BCUT2D eigenvalue weighted by atomic mass is 16.5. The van der Waals surface area contributed by atoms with Gasteiger partial charge in [0.1, 0.15) is 11.3 Å². The number of amides is 2. The van der Waals surface area contributed by atoms with Gasteiger partial charge < -0.3 is 9.84 Å². The van der Waals surface area contributed by atoms with E-state index >= 15 is 0 Å². The van der Waals surface area contributed by atoms with Gasteiger partial charge in [-0.25, -0.2) is 0 Å². The number of carbonyl (C=O) groups excluding carboxylic acids is 2. The lowest BCUT2D eigenvalue weighted by Crippen LogP contribution is -2.81. The number of aliphatic hydroxyl groups is 1. The molecule has 31 heavy (non-hydrogen) atoms. The van der Waals surface area contributed by atoms with E-state index in [1.807, 2.05) is 47.4 Å². The van der Waals surface area contributed by atoms with Crippen LogP contribution in [0.3, 0.4) is 0 Å².